The zero-order chi connectivity index (χ0) is 13.8. The molecule has 0 bridgehead atoms. The van der Waals surface area contributed by atoms with Crippen molar-refractivity contribution in [2.24, 2.45) is 5.73 Å². The minimum absolute atomic E-state index is 0.419. The molecular weight excluding hydrogens is 306 g/mol. The van der Waals surface area contributed by atoms with Crippen LogP contribution in [0.4, 0.5) is 0 Å². The van der Waals surface area contributed by atoms with Crippen LogP contribution in [0.2, 0.25) is 0 Å². The lowest BCUT2D eigenvalue weighted by atomic mass is 10.2. The fourth-order valence-electron chi connectivity index (χ4n) is 1.73. The lowest BCUT2D eigenvalue weighted by Crippen LogP contribution is -2.00. The molecular formula is C15H16BrNO2. The van der Waals surface area contributed by atoms with E-state index in [0.29, 0.717) is 12.3 Å². The summed E-state index contributed by atoms with van der Waals surface area (Å²) < 4.78 is 12.0. The highest BCUT2D eigenvalue weighted by Gasteiger charge is 2.08. The number of hydrogen-bond donors (Lipinski definition) is 1. The molecule has 0 spiro atoms. The summed E-state index contributed by atoms with van der Waals surface area (Å²) in [6, 6.07) is 11.6. The molecule has 0 saturated carbocycles. The molecule has 19 heavy (non-hydrogen) atoms. The fraction of sp³-hybridized carbons (Fsp3) is 0.200. The minimum atomic E-state index is 0.419. The van der Waals surface area contributed by atoms with Gasteiger partial charge in [-0.2, -0.15) is 0 Å². The predicted octanol–water partition coefficient (Wildman–Crippen LogP) is 4.02. The van der Waals surface area contributed by atoms with Gasteiger partial charge in [-0.15, -0.1) is 0 Å². The molecule has 0 unspecified atom stereocenters. The monoisotopic (exact) mass is 321 g/mol. The molecule has 0 aromatic heterocycles. The topological polar surface area (TPSA) is 44.5 Å². The van der Waals surface area contributed by atoms with E-state index < -0.39 is 0 Å². The van der Waals surface area contributed by atoms with Gasteiger partial charge in [0.25, 0.3) is 0 Å². The molecule has 2 N–H and O–H groups in total. The van der Waals surface area contributed by atoms with Crippen LogP contribution in [0.15, 0.2) is 40.9 Å². The number of nitrogens with two attached hydrogens (primary N) is 1. The normalized spacial score (nSPS) is 10.3. The van der Waals surface area contributed by atoms with Gasteiger partial charge in [0.2, 0.25) is 0 Å². The van der Waals surface area contributed by atoms with Gasteiger partial charge in [-0.3, -0.25) is 0 Å². The first kappa shape index (κ1) is 13.9. The van der Waals surface area contributed by atoms with Gasteiger partial charge in [-0.1, -0.05) is 12.1 Å². The van der Waals surface area contributed by atoms with Gasteiger partial charge in [-0.05, 0) is 46.6 Å². The summed E-state index contributed by atoms with van der Waals surface area (Å²) in [4.78, 5) is 0. The Hall–Kier alpha value is -1.52. The first-order valence-corrected chi connectivity index (χ1v) is 6.74. The van der Waals surface area contributed by atoms with Crippen LogP contribution in [-0.2, 0) is 6.54 Å². The van der Waals surface area contributed by atoms with Gasteiger partial charge in [-0.25, -0.2) is 0 Å². The number of aryl methyl sites for hydroxylation is 1. The summed E-state index contributed by atoms with van der Waals surface area (Å²) in [6.07, 6.45) is 0. The van der Waals surface area contributed by atoms with Crippen LogP contribution >= 0.6 is 15.9 Å². The number of benzene rings is 2. The SMILES string of the molecule is COc1ccc(CN)c(Oc2ccc(C)cc2Br)c1. The highest BCUT2D eigenvalue weighted by atomic mass is 79.9. The van der Waals surface area contributed by atoms with Crippen LogP contribution in [-0.4, -0.2) is 7.11 Å². The molecule has 0 atom stereocenters. The van der Waals surface area contributed by atoms with Crippen LogP contribution < -0.4 is 15.2 Å². The van der Waals surface area contributed by atoms with Gasteiger partial charge in [0, 0.05) is 18.2 Å². The Kier molecular flexibility index (Phi) is 4.45. The Labute approximate surface area is 121 Å². The van der Waals surface area contributed by atoms with Crippen molar-refractivity contribution >= 4 is 15.9 Å². The second-order valence-electron chi connectivity index (χ2n) is 4.21. The molecule has 0 aliphatic heterocycles. The molecule has 0 aliphatic carbocycles. The van der Waals surface area contributed by atoms with Crippen molar-refractivity contribution in [2.45, 2.75) is 13.5 Å². The van der Waals surface area contributed by atoms with Gasteiger partial charge in [0.05, 0.1) is 11.6 Å². The zero-order valence-electron chi connectivity index (χ0n) is 10.9. The van der Waals surface area contributed by atoms with E-state index in [4.69, 9.17) is 15.2 Å². The number of halogens is 1. The first-order valence-electron chi connectivity index (χ1n) is 5.95. The Morgan fingerprint density at radius 1 is 1.11 bits per heavy atom. The second-order valence-corrected chi connectivity index (χ2v) is 5.07. The highest BCUT2D eigenvalue weighted by Crippen LogP contribution is 2.33. The van der Waals surface area contributed by atoms with Crippen LogP contribution in [0.25, 0.3) is 0 Å². The highest BCUT2D eigenvalue weighted by molar-refractivity contribution is 9.10. The molecule has 0 amide bonds. The number of hydrogen-bond acceptors (Lipinski definition) is 3. The fourth-order valence-corrected chi connectivity index (χ4v) is 2.31. The molecule has 0 aliphatic rings. The van der Waals surface area contributed by atoms with E-state index >= 15 is 0 Å². The Morgan fingerprint density at radius 3 is 2.53 bits per heavy atom. The molecule has 2 aromatic rings. The maximum atomic E-state index is 5.92. The van der Waals surface area contributed by atoms with Gasteiger partial charge >= 0.3 is 0 Å². The van der Waals surface area contributed by atoms with Crippen molar-refractivity contribution < 1.29 is 9.47 Å². The summed E-state index contributed by atoms with van der Waals surface area (Å²) in [5.41, 5.74) is 7.83. The van der Waals surface area contributed by atoms with E-state index in [1.165, 1.54) is 5.56 Å². The predicted molar refractivity (Wildman–Crippen MR) is 79.8 cm³/mol. The summed E-state index contributed by atoms with van der Waals surface area (Å²) in [5.74, 6) is 2.22. The molecule has 0 saturated heterocycles. The van der Waals surface area contributed by atoms with E-state index in [0.717, 1.165) is 21.5 Å². The van der Waals surface area contributed by atoms with E-state index in [1.54, 1.807) is 7.11 Å². The first-order chi connectivity index (χ1) is 9.13. The third kappa shape index (κ3) is 3.28. The Balaban J connectivity index is 2.36. The van der Waals surface area contributed by atoms with Crippen LogP contribution in [0.1, 0.15) is 11.1 Å². The van der Waals surface area contributed by atoms with Crippen molar-refractivity contribution in [1.82, 2.24) is 0 Å². The third-order valence-electron chi connectivity index (χ3n) is 2.80. The maximum absolute atomic E-state index is 5.92. The van der Waals surface area contributed by atoms with Crippen molar-refractivity contribution in [2.75, 3.05) is 7.11 Å². The van der Waals surface area contributed by atoms with Crippen LogP contribution in [0.3, 0.4) is 0 Å². The molecule has 2 aromatic carbocycles. The Morgan fingerprint density at radius 2 is 1.89 bits per heavy atom. The summed E-state index contributed by atoms with van der Waals surface area (Å²) in [5, 5.41) is 0. The molecule has 4 heteroatoms. The summed E-state index contributed by atoms with van der Waals surface area (Å²) in [7, 11) is 1.63. The van der Waals surface area contributed by atoms with E-state index in [2.05, 4.69) is 15.9 Å². The number of ether oxygens (including phenoxy) is 2. The van der Waals surface area contributed by atoms with Crippen LogP contribution in [0, 0.1) is 6.92 Å². The summed E-state index contributed by atoms with van der Waals surface area (Å²) in [6.45, 7) is 2.45. The van der Waals surface area contributed by atoms with Crippen molar-refractivity contribution in [3.63, 3.8) is 0 Å². The van der Waals surface area contributed by atoms with Gasteiger partial charge in [0.15, 0.2) is 0 Å². The maximum Gasteiger partial charge on any atom is 0.141 e. The van der Waals surface area contributed by atoms with E-state index in [1.807, 2.05) is 43.3 Å². The van der Waals surface area contributed by atoms with Gasteiger partial charge in [0.1, 0.15) is 17.2 Å². The molecule has 0 radical (unpaired) electrons. The average molecular weight is 322 g/mol. The molecule has 0 heterocycles. The van der Waals surface area contributed by atoms with Crippen molar-refractivity contribution in [1.29, 1.82) is 0 Å². The molecule has 2 rings (SSSR count). The van der Waals surface area contributed by atoms with Crippen LogP contribution in [0.5, 0.6) is 17.2 Å². The lowest BCUT2D eigenvalue weighted by molar-refractivity contribution is 0.408. The average Bonchev–Trinajstić information content (AvgIpc) is 2.41. The standard InChI is InChI=1S/C15H16BrNO2/c1-10-3-6-14(13(16)7-10)19-15-8-12(18-2)5-4-11(15)9-17/h3-8H,9,17H2,1-2H3. The summed E-state index contributed by atoms with van der Waals surface area (Å²) >= 11 is 3.50. The smallest absolute Gasteiger partial charge is 0.141 e. The van der Waals surface area contributed by atoms with Gasteiger partial charge < -0.3 is 15.2 Å². The number of methoxy groups -OCH3 is 1. The van der Waals surface area contributed by atoms with Crippen molar-refractivity contribution in [3.05, 3.63) is 52.0 Å². The van der Waals surface area contributed by atoms with Crippen molar-refractivity contribution in [3.8, 4) is 17.2 Å². The zero-order valence-corrected chi connectivity index (χ0v) is 12.5. The number of rotatable bonds is 4. The quantitative estimate of drug-likeness (QED) is 0.925. The third-order valence-corrected chi connectivity index (χ3v) is 3.42. The molecule has 3 nitrogen and oxygen atoms in total. The molecule has 100 valence electrons. The second kappa shape index (κ2) is 6.08. The lowest BCUT2D eigenvalue weighted by Gasteiger charge is -2.13. The van der Waals surface area contributed by atoms with E-state index in [-0.39, 0.29) is 0 Å². The minimum Gasteiger partial charge on any atom is -0.497 e. The largest absolute Gasteiger partial charge is 0.497 e. The Bertz CT molecular complexity index is 584. The van der Waals surface area contributed by atoms with E-state index in [9.17, 15) is 0 Å². The molecule has 0 fully saturated rings.